The van der Waals surface area contributed by atoms with Crippen LogP contribution < -0.4 is 10.2 Å². The molecule has 0 bridgehead atoms. The maximum Gasteiger partial charge on any atom is 0.234 e. The largest absolute Gasteiger partial charge is 0.356 e. The zero-order valence-corrected chi connectivity index (χ0v) is 15.8. The molecule has 0 spiro atoms. The van der Waals surface area contributed by atoms with Crippen LogP contribution in [0.5, 0.6) is 0 Å². The van der Waals surface area contributed by atoms with E-state index in [1.165, 1.54) is 30.6 Å². The van der Waals surface area contributed by atoms with E-state index in [0.29, 0.717) is 11.8 Å². The molecule has 5 nitrogen and oxygen atoms in total. The summed E-state index contributed by atoms with van der Waals surface area (Å²) in [4.78, 5) is 23.0. The number of carbonyl (C=O) groups is 1. The molecule has 0 aliphatic carbocycles. The van der Waals surface area contributed by atoms with Crippen molar-refractivity contribution in [2.75, 3.05) is 29.1 Å². The minimum Gasteiger partial charge on any atom is -0.356 e. The fourth-order valence-electron chi connectivity index (χ4n) is 3.32. The first kappa shape index (κ1) is 18.6. The number of amides is 1. The average molecular weight is 374 g/mol. The molecule has 3 rings (SSSR count). The molecule has 26 heavy (non-hydrogen) atoms. The van der Waals surface area contributed by atoms with Gasteiger partial charge in [-0.15, -0.1) is 0 Å². The molecule has 0 radical (unpaired) electrons. The first-order valence-electron chi connectivity index (χ1n) is 8.75. The van der Waals surface area contributed by atoms with Crippen LogP contribution >= 0.6 is 11.8 Å². The summed E-state index contributed by atoms with van der Waals surface area (Å²) in [5.74, 6) is 1.63. The predicted molar refractivity (Wildman–Crippen MR) is 103 cm³/mol. The van der Waals surface area contributed by atoms with Crippen LogP contribution in [0.1, 0.15) is 20.3 Å². The van der Waals surface area contributed by atoms with E-state index in [0.717, 1.165) is 23.9 Å². The number of hydrogen-bond donors (Lipinski definition) is 1. The maximum absolute atomic E-state index is 13.6. The van der Waals surface area contributed by atoms with E-state index >= 15 is 0 Å². The minimum atomic E-state index is -0.441. The van der Waals surface area contributed by atoms with Crippen LogP contribution in [-0.4, -0.2) is 34.7 Å². The highest BCUT2D eigenvalue weighted by molar-refractivity contribution is 7.99. The number of para-hydroxylation sites is 1. The summed E-state index contributed by atoms with van der Waals surface area (Å²) >= 11 is 1.32. The monoisotopic (exact) mass is 374 g/mol. The molecule has 1 saturated heterocycles. The number of anilines is 2. The lowest BCUT2D eigenvalue weighted by molar-refractivity contribution is -0.113. The molecule has 1 amide bonds. The van der Waals surface area contributed by atoms with Crippen molar-refractivity contribution < 1.29 is 9.18 Å². The van der Waals surface area contributed by atoms with E-state index in [1.807, 2.05) is 6.07 Å². The molecule has 2 heterocycles. The van der Waals surface area contributed by atoms with Crippen molar-refractivity contribution in [2.45, 2.75) is 25.3 Å². The van der Waals surface area contributed by atoms with Crippen LogP contribution in [0.25, 0.3) is 0 Å². The van der Waals surface area contributed by atoms with Crippen molar-refractivity contribution in [2.24, 2.45) is 11.8 Å². The molecular weight excluding hydrogens is 351 g/mol. The smallest absolute Gasteiger partial charge is 0.234 e. The average Bonchev–Trinajstić information content (AvgIpc) is 2.61. The van der Waals surface area contributed by atoms with Crippen LogP contribution in [-0.2, 0) is 4.79 Å². The fourth-order valence-corrected chi connectivity index (χ4v) is 3.98. The van der Waals surface area contributed by atoms with Crippen LogP contribution in [0.3, 0.4) is 0 Å². The number of aromatic nitrogens is 2. The highest BCUT2D eigenvalue weighted by Crippen LogP contribution is 2.27. The van der Waals surface area contributed by atoms with Crippen molar-refractivity contribution in [1.82, 2.24) is 9.97 Å². The van der Waals surface area contributed by atoms with Crippen molar-refractivity contribution in [3.8, 4) is 0 Å². The first-order valence-corrected chi connectivity index (χ1v) is 9.74. The van der Waals surface area contributed by atoms with Crippen LogP contribution in [0.4, 0.5) is 15.9 Å². The second-order valence-corrected chi connectivity index (χ2v) is 7.88. The Morgan fingerprint density at radius 3 is 2.73 bits per heavy atom. The van der Waals surface area contributed by atoms with Gasteiger partial charge in [0.05, 0.1) is 11.4 Å². The summed E-state index contributed by atoms with van der Waals surface area (Å²) < 4.78 is 13.6. The summed E-state index contributed by atoms with van der Waals surface area (Å²) in [6.07, 6.45) is 2.77. The third-order valence-electron chi connectivity index (χ3n) is 4.32. The molecule has 1 fully saturated rings. The summed E-state index contributed by atoms with van der Waals surface area (Å²) in [6, 6.07) is 8.05. The van der Waals surface area contributed by atoms with Crippen molar-refractivity contribution in [3.05, 3.63) is 42.5 Å². The van der Waals surface area contributed by atoms with E-state index in [9.17, 15) is 9.18 Å². The Labute approximate surface area is 157 Å². The van der Waals surface area contributed by atoms with Gasteiger partial charge in [0.25, 0.3) is 0 Å². The lowest BCUT2D eigenvalue weighted by Gasteiger charge is -2.35. The Morgan fingerprint density at radius 2 is 2.00 bits per heavy atom. The molecule has 7 heteroatoms. The lowest BCUT2D eigenvalue weighted by Crippen LogP contribution is -2.39. The second-order valence-electron chi connectivity index (χ2n) is 6.88. The number of hydrogen-bond acceptors (Lipinski definition) is 5. The Bertz CT molecular complexity index is 763. The fraction of sp³-hybridized carbons (Fsp3) is 0.421. The predicted octanol–water partition coefficient (Wildman–Crippen LogP) is 3.83. The number of benzene rings is 1. The lowest BCUT2D eigenvalue weighted by atomic mass is 9.92. The highest BCUT2D eigenvalue weighted by atomic mass is 32.2. The Morgan fingerprint density at radius 1 is 1.27 bits per heavy atom. The summed E-state index contributed by atoms with van der Waals surface area (Å²) in [5, 5.41) is 3.32. The van der Waals surface area contributed by atoms with Gasteiger partial charge in [0.15, 0.2) is 0 Å². The van der Waals surface area contributed by atoms with Gasteiger partial charge in [0.1, 0.15) is 23.0 Å². The minimum absolute atomic E-state index is 0.164. The summed E-state index contributed by atoms with van der Waals surface area (Å²) in [5.41, 5.74) is 0.192. The second kappa shape index (κ2) is 8.49. The van der Waals surface area contributed by atoms with Gasteiger partial charge in [-0.2, -0.15) is 0 Å². The standard InChI is InChI=1S/C19H23FN4OS/c1-13-7-14(2)10-24(9-13)17-8-19(22-12-21-17)26-11-18(25)23-16-6-4-3-5-15(16)20/h3-6,8,12-14H,7,9-11H2,1-2H3,(H,23,25). The van der Waals surface area contributed by atoms with Gasteiger partial charge in [-0.1, -0.05) is 37.7 Å². The van der Waals surface area contributed by atoms with Crippen molar-refractivity contribution in [1.29, 1.82) is 0 Å². The SMILES string of the molecule is CC1CC(C)CN(c2cc(SCC(=O)Nc3ccccc3F)ncn2)C1. The zero-order valence-electron chi connectivity index (χ0n) is 15.0. The molecule has 1 aromatic carbocycles. The molecule has 138 valence electrons. The maximum atomic E-state index is 13.6. The quantitative estimate of drug-likeness (QED) is 0.637. The Kier molecular flexibility index (Phi) is 6.08. The normalized spacial score (nSPS) is 20.0. The molecule has 2 atom stereocenters. The number of piperidine rings is 1. The van der Waals surface area contributed by atoms with Gasteiger partial charge in [-0.05, 0) is 30.4 Å². The van der Waals surface area contributed by atoms with Gasteiger partial charge < -0.3 is 10.2 Å². The number of carbonyl (C=O) groups excluding carboxylic acids is 1. The summed E-state index contributed by atoms with van der Waals surface area (Å²) in [7, 11) is 0. The Hall–Kier alpha value is -2.15. The van der Waals surface area contributed by atoms with Crippen LogP contribution in [0, 0.1) is 17.7 Å². The third-order valence-corrected chi connectivity index (χ3v) is 5.25. The topological polar surface area (TPSA) is 58.1 Å². The van der Waals surface area contributed by atoms with Crippen LogP contribution in [0.15, 0.2) is 41.7 Å². The first-order chi connectivity index (χ1) is 12.5. The molecule has 1 aliphatic heterocycles. The zero-order chi connectivity index (χ0) is 18.5. The van der Waals surface area contributed by atoms with E-state index < -0.39 is 5.82 Å². The van der Waals surface area contributed by atoms with E-state index in [1.54, 1.807) is 18.2 Å². The van der Waals surface area contributed by atoms with E-state index in [4.69, 9.17) is 0 Å². The number of thioether (sulfide) groups is 1. The highest BCUT2D eigenvalue weighted by Gasteiger charge is 2.23. The summed E-state index contributed by atoms with van der Waals surface area (Å²) in [6.45, 7) is 6.48. The Balaban J connectivity index is 1.58. The van der Waals surface area contributed by atoms with Crippen LogP contribution in [0.2, 0.25) is 0 Å². The molecule has 1 N–H and O–H groups in total. The van der Waals surface area contributed by atoms with E-state index in [2.05, 4.69) is 34.0 Å². The van der Waals surface area contributed by atoms with E-state index in [-0.39, 0.29) is 17.3 Å². The molecule has 2 unspecified atom stereocenters. The number of rotatable bonds is 5. The number of nitrogens with one attached hydrogen (secondary N) is 1. The van der Waals surface area contributed by atoms with Gasteiger partial charge in [-0.25, -0.2) is 14.4 Å². The van der Waals surface area contributed by atoms with Gasteiger partial charge in [-0.3, -0.25) is 4.79 Å². The van der Waals surface area contributed by atoms with Gasteiger partial charge >= 0.3 is 0 Å². The third kappa shape index (κ3) is 4.94. The molecule has 2 aromatic rings. The molecule has 1 aromatic heterocycles. The van der Waals surface area contributed by atoms with Gasteiger partial charge in [0.2, 0.25) is 5.91 Å². The molecule has 0 saturated carbocycles. The number of nitrogens with zero attached hydrogens (tertiary/aromatic N) is 3. The molecular formula is C19H23FN4OS. The molecule has 1 aliphatic rings. The van der Waals surface area contributed by atoms with Crippen molar-refractivity contribution >= 4 is 29.2 Å². The van der Waals surface area contributed by atoms with Crippen molar-refractivity contribution in [3.63, 3.8) is 0 Å². The number of halogens is 1. The van der Waals surface area contributed by atoms with Gasteiger partial charge in [0, 0.05) is 19.2 Å².